The van der Waals surface area contributed by atoms with Crippen molar-refractivity contribution in [3.8, 4) is 0 Å². The number of ether oxygens (including phenoxy) is 2. The Kier molecular flexibility index (Phi) is 5.50. The first-order valence-electron chi connectivity index (χ1n) is 7.32. The fourth-order valence-electron chi connectivity index (χ4n) is 2.74. The van der Waals surface area contributed by atoms with Crippen molar-refractivity contribution in [1.29, 1.82) is 0 Å². The highest BCUT2D eigenvalue weighted by molar-refractivity contribution is 6.21. The molecular weight excluding hydrogens is 274 g/mol. The summed E-state index contributed by atoms with van der Waals surface area (Å²) < 4.78 is 9.85. The summed E-state index contributed by atoms with van der Waals surface area (Å²) in [4.78, 5) is 37.7. The van der Waals surface area contributed by atoms with E-state index in [0.29, 0.717) is 38.3 Å². The van der Waals surface area contributed by atoms with Crippen LogP contribution < -0.4 is 0 Å². The van der Waals surface area contributed by atoms with Crippen molar-refractivity contribution < 1.29 is 23.9 Å². The van der Waals surface area contributed by atoms with E-state index < -0.39 is 5.97 Å². The van der Waals surface area contributed by atoms with Gasteiger partial charge in [-0.25, -0.2) is 0 Å². The molecule has 1 aliphatic heterocycles. The van der Waals surface area contributed by atoms with Crippen LogP contribution in [0.25, 0.3) is 0 Å². The fourth-order valence-corrected chi connectivity index (χ4v) is 2.74. The Bertz CT molecular complexity index is 463. The molecule has 0 aromatic rings. The third-order valence-corrected chi connectivity index (χ3v) is 3.84. The average Bonchev–Trinajstić information content (AvgIpc) is 2.52. The van der Waals surface area contributed by atoms with Gasteiger partial charge in [-0.15, -0.1) is 0 Å². The number of nitrogens with zero attached hydrogens (tertiary/aromatic N) is 1. The lowest BCUT2D eigenvalue weighted by Gasteiger charge is -2.34. The summed E-state index contributed by atoms with van der Waals surface area (Å²) in [6, 6.07) is 0. The zero-order chi connectivity index (χ0) is 15.2. The molecule has 2 rings (SSSR count). The number of methoxy groups -OCH3 is 1. The van der Waals surface area contributed by atoms with Crippen molar-refractivity contribution in [3.05, 3.63) is 11.3 Å². The van der Waals surface area contributed by atoms with Gasteiger partial charge in [0.25, 0.3) is 0 Å². The number of rotatable bonds is 5. The molecule has 0 N–H and O–H groups in total. The number of morpholine rings is 1. The van der Waals surface area contributed by atoms with E-state index in [1.165, 1.54) is 7.11 Å². The van der Waals surface area contributed by atoms with Crippen LogP contribution in [0.2, 0.25) is 0 Å². The Labute approximate surface area is 124 Å². The second-order valence-electron chi connectivity index (χ2n) is 5.20. The molecular formula is C15H21NO5. The molecule has 0 amide bonds. The van der Waals surface area contributed by atoms with Gasteiger partial charge in [-0.05, 0) is 12.8 Å². The minimum absolute atomic E-state index is 0.0164. The highest BCUT2D eigenvalue weighted by atomic mass is 16.5. The molecule has 21 heavy (non-hydrogen) atoms. The van der Waals surface area contributed by atoms with Gasteiger partial charge in [0.05, 0.1) is 32.3 Å². The Balaban J connectivity index is 2.15. The normalized spacial score (nSPS) is 19.7. The standard InChI is InChI=1S/C15H21NO5/c1-20-14(19)6-5-13(18)15-11(3-2-4-12(15)17)16-7-9-21-10-8-16/h2-10H2,1H3. The van der Waals surface area contributed by atoms with Crippen molar-refractivity contribution >= 4 is 17.5 Å². The number of esters is 1. The molecule has 0 aromatic heterocycles. The highest BCUT2D eigenvalue weighted by Crippen LogP contribution is 2.27. The molecule has 0 unspecified atom stereocenters. The maximum Gasteiger partial charge on any atom is 0.305 e. The van der Waals surface area contributed by atoms with Crippen molar-refractivity contribution in [2.45, 2.75) is 32.1 Å². The number of carbonyl (C=O) groups is 3. The number of Topliss-reactive ketones (excluding diaryl/α,β-unsaturated/α-hetero) is 2. The zero-order valence-corrected chi connectivity index (χ0v) is 12.4. The van der Waals surface area contributed by atoms with Crippen molar-refractivity contribution in [2.24, 2.45) is 0 Å². The molecule has 0 radical (unpaired) electrons. The summed E-state index contributed by atoms with van der Waals surface area (Å²) in [5, 5.41) is 0. The predicted molar refractivity (Wildman–Crippen MR) is 74.5 cm³/mol. The van der Waals surface area contributed by atoms with Crippen LogP contribution in [0, 0.1) is 0 Å². The zero-order valence-electron chi connectivity index (χ0n) is 12.4. The van der Waals surface area contributed by atoms with Crippen LogP contribution in [0.15, 0.2) is 11.3 Å². The lowest BCUT2D eigenvalue weighted by molar-refractivity contribution is -0.141. The SMILES string of the molecule is COC(=O)CCC(=O)C1=C(N2CCOCC2)CCCC1=O. The maximum absolute atomic E-state index is 12.3. The number of allylic oxidation sites excluding steroid dienone is 2. The largest absolute Gasteiger partial charge is 0.469 e. The van der Waals surface area contributed by atoms with Gasteiger partial charge < -0.3 is 14.4 Å². The third-order valence-electron chi connectivity index (χ3n) is 3.84. The summed E-state index contributed by atoms with van der Waals surface area (Å²) in [6.45, 7) is 2.63. The molecule has 6 nitrogen and oxygen atoms in total. The second kappa shape index (κ2) is 7.36. The van der Waals surface area contributed by atoms with E-state index in [-0.39, 0.29) is 24.4 Å². The molecule has 6 heteroatoms. The predicted octanol–water partition coefficient (Wildman–Crippen LogP) is 0.848. The van der Waals surface area contributed by atoms with Gasteiger partial charge in [0.2, 0.25) is 0 Å². The highest BCUT2D eigenvalue weighted by Gasteiger charge is 2.29. The lowest BCUT2D eigenvalue weighted by atomic mass is 9.89. The molecule has 1 saturated heterocycles. The summed E-state index contributed by atoms with van der Waals surface area (Å²) >= 11 is 0. The molecule has 0 atom stereocenters. The number of carbonyl (C=O) groups excluding carboxylic acids is 3. The molecule has 116 valence electrons. The summed E-state index contributed by atoms with van der Waals surface area (Å²) in [7, 11) is 1.29. The minimum Gasteiger partial charge on any atom is -0.469 e. The quantitative estimate of drug-likeness (QED) is 0.553. The van der Waals surface area contributed by atoms with Crippen LogP contribution in [0.5, 0.6) is 0 Å². The van der Waals surface area contributed by atoms with E-state index in [2.05, 4.69) is 9.64 Å². The topological polar surface area (TPSA) is 72.9 Å². The van der Waals surface area contributed by atoms with E-state index in [0.717, 1.165) is 18.5 Å². The molecule has 0 saturated carbocycles. The lowest BCUT2D eigenvalue weighted by Crippen LogP contribution is -2.38. The van der Waals surface area contributed by atoms with E-state index >= 15 is 0 Å². The van der Waals surface area contributed by atoms with Gasteiger partial charge in [0.15, 0.2) is 11.6 Å². The second-order valence-corrected chi connectivity index (χ2v) is 5.20. The van der Waals surface area contributed by atoms with Gasteiger partial charge in [0, 0.05) is 31.6 Å². The molecule has 2 aliphatic rings. The summed E-state index contributed by atoms with van der Waals surface area (Å²) in [6.07, 6.45) is 1.97. The van der Waals surface area contributed by atoms with Crippen LogP contribution in [0.4, 0.5) is 0 Å². The fraction of sp³-hybridized carbons (Fsp3) is 0.667. The first-order valence-corrected chi connectivity index (χ1v) is 7.32. The van der Waals surface area contributed by atoms with Gasteiger partial charge in [-0.1, -0.05) is 0 Å². The van der Waals surface area contributed by atoms with Crippen molar-refractivity contribution in [3.63, 3.8) is 0 Å². The monoisotopic (exact) mass is 295 g/mol. The van der Waals surface area contributed by atoms with E-state index in [4.69, 9.17) is 4.74 Å². The van der Waals surface area contributed by atoms with Crippen LogP contribution in [0.3, 0.4) is 0 Å². The molecule has 1 fully saturated rings. The van der Waals surface area contributed by atoms with Crippen LogP contribution in [-0.2, 0) is 23.9 Å². The minimum atomic E-state index is -0.430. The van der Waals surface area contributed by atoms with Gasteiger partial charge in [-0.2, -0.15) is 0 Å². The van der Waals surface area contributed by atoms with Gasteiger partial charge in [-0.3, -0.25) is 14.4 Å². The first-order chi connectivity index (χ1) is 10.1. The number of ketones is 2. The van der Waals surface area contributed by atoms with Crippen LogP contribution in [0.1, 0.15) is 32.1 Å². The van der Waals surface area contributed by atoms with E-state index in [1.807, 2.05) is 0 Å². The Morgan fingerprint density at radius 1 is 1.19 bits per heavy atom. The maximum atomic E-state index is 12.3. The molecule has 0 aromatic carbocycles. The van der Waals surface area contributed by atoms with Crippen molar-refractivity contribution in [1.82, 2.24) is 4.90 Å². The average molecular weight is 295 g/mol. The first kappa shape index (κ1) is 15.7. The Morgan fingerprint density at radius 3 is 2.57 bits per heavy atom. The Hall–Kier alpha value is -1.69. The van der Waals surface area contributed by atoms with Crippen LogP contribution in [-0.4, -0.2) is 55.8 Å². The van der Waals surface area contributed by atoms with E-state index in [1.54, 1.807) is 0 Å². The third kappa shape index (κ3) is 3.91. The Morgan fingerprint density at radius 2 is 1.90 bits per heavy atom. The van der Waals surface area contributed by atoms with Gasteiger partial charge >= 0.3 is 5.97 Å². The van der Waals surface area contributed by atoms with Gasteiger partial charge in [0.1, 0.15) is 0 Å². The molecule has 0 bridgehead atoms. The molecule has 1 aliphatic carbocycles. The summed E-state index contributed by atoms with van der Waals surface area (Å²) in [5.74, 6) is -0.774. The smallest absolute Gasteiger partial charge is 0.305 e. The number of hydrogen-bond acceptors (Lipinski definition) is 6. The van der Waals surface area contributed by atoms with E-state index in [9.17, 15) is 14.4 Å². The summed E-state index contributed by atoms with van der Waals surface area (Å²) in [5.41, 5.74) is 1.14. The van der Waals surface area contributed by atoms with Crippen LogP contribution >= 0.6 is 0 Å². The molecule has 1 heterocycles. The number of hydrogen-bond donors (Lipinski definition) is 0. The van der Waals surface area contributed by atoms with Crippen molar-refractivity contribution in [2.75, 3.05) is 33.4 Å². The molecule has 0 spiro atoms.